The second-order valence-corrected chi connectivity index (χ2v) is 4.76. The van der Waals surface area contributed by atoms with E-state index in [0.717, 1.165) is 12.8 Å². The summed E-state index contributed by atoms with van der Waals surface area (Å²) in [4.78, 5) is 14.0. The van der Waals surface area contributed by atoms with Crippen molar-refractivity contribution in [2.75, 3.05) is 19.7 Å². The van der Waals surface area contributed by atoms with Gasteiger partial charge in [-0.25, -0.2) is 0 Å². The van der Waals surface area contributed by atoms with Gasteiger partial charge in [0.05, 0.1) is 6.10 Å². The highest BCUT2D eigenvalue weighted by Gasteiger charge is 2.33. The summed E-state index contributed by atoms with van der Waals surface area (Å²) in [6.45, 7) is 5.12. The van der Waals surface area contributed by atoms with E-state index in [9.17, 15) is 4.79 Å². The Kier molecular flexibility index (Phi) is 5.88. The normalized spacial score (nSPS) is 24.3. The summed E-state index contributed by atoms with van der Waals surface area (Å²) in [5, 5.41) is 8.84. The summed E-state index contributed by atoms with van der Waals surface area (Å²) < 4.78 is 5.60. The van der Waals surface area contributed by atoms with Gasteiger partial charge in [0.25, 0.3) is 5.91 Å². The number of ether oxygens (including phenoxy) is 1. The molecule has 1 heterocycles. The van der Waals surface area contributed by atoms with Gasteiger partial charge in [0.1, 0.15) is 6.10 Å². The summed E-state index contributed by atoms with van der Waals surface area (Å²) in [5.41, 5.74) is 5.53. The maximum atomic E-state index is 12.2. The lowest BCUT2D eigenvalue weighted by atomic mass is 10.1. The number of nitrogens with two attached hydrogens (primary N) is 1. The van der Waals surface area contributed by atoms with Crippen LogP contribution in [0.2, 0.25) is 0 Å². The second kappa shape index (κ2) is 6.93. The van der Waals surface area contributed by atoms with Gasteiger partial charge in [0.2, 0.25) is 0 Å². The molecular formula is C12H24N2O3. The zero-order valence-electron chi connectivity index (χ0n) is 10.8. The summed E-state index contributed by atoms with van der Waals surface area (Å²) in [6, 6.07) is 0.134. The van der Waals surface area contributed by atoms with E-state index in [1.54, 1.807) is 4.90 Å². The van der Waals surface area contributed by atoms with E-state index in [-0.39, 0.29) is 30.8 Å². The number of aliphatic hydroxyl groups is 1. The van der Waals surface area contributed by atoms with Crippen LogP contribution >= 0.6 is 0 Å². The first-order valence-electron chi connectivity index (χ1n) is 6.37. The van der Waals surface area contributed by atoms with E-state index >= 15 is 0 Å². The van der Waals surface area contributed by atoms with E-state index < -0.39 is 0 Å². The van der Waals surface area contributed by atoms with Gasteiger partial charge < -0.3 is 20.5 Å². The summed E-state index contributed by atoms with van der Waals surface area (Å²) in [7, 11) is 0. The summed E-state index contributed by atoms with van der Waals surface area (Å²) in [5.74, 6) is 0.0319. The minimum Gasteiger partial charge on any atom is -0.396 e. The molecule has 0 aromatic carbocycles. The number of nitrogens with zero attached hydrogens (tertiary/aromatic N) is 1. The number of rotatable bonds is 6. The van der Waals surface area contributed by atoms with Crippen LogP contribution in [0.1, 0.15) is 33.1 Å². The molecule has 5 heteroatoms. The van der Waals surface area contributed by atoms with Crippen LogP contribution < -0.4 is 5.73 Å². The van der Waals surface area contributed by atoms with Crippen molar-refractivity contribution in [2.45, 2.75) is 51.4 Å². The molecule has 0 saturated carbocycles. The van der Waals surface area contributed by atoms with E-state index in [4.69, 9.17) is 15.6 Å². The quantitative estimate of drug-likeness (QED) is 0.695. The SMILES string of the molecule is CC(C)N(CCCO)C(=O)C1CCC(CN)O1. The van der Waals surface area contributed by atoms with Crippen molar-refractivity contribution in [3.05, 3.63) is 0 Å². The van der Waals surface area contributed by atoms with Crippen LogP contribution in [-0.4, -0.2) is 53.9 Å². The predicted molar refractivity (Wildman–Crippen MR) is 65.5 cm³/mol. The molecule has 100 valence electrons. The number of carbonyl (C=O) groups excluding carboxylic acids is 1. The number of amides is 1. The first-order valence-corrected chi connectivity index (χ1v) is 6.37. The van der Waals surface area contributed by atoms with Crippen molar-refractivity contribution in [1.29, 1.82) is 0 Å². The van der Waals surface area contributed by atoms with E-state index in [1.165, 1.54) is 0 Å². The van der Waals surface area contributed by atoms with E-state index in [2.05, 4.69) is 0 Å². The standard InChI is InChI=1S/C12H24N2O3/c1-9(2)14(6-3-7-15)12(16)11-5-4-10(8-13)17-11/h9-11,15H,3-8,13H2,1-2H3. The monoisotopic (exact) mass is 244 g/mol. The van der Waals surface area contributed by atoms with E-state index in [1.807, 2.05) is 13.8 Å². The van der Waals surface area contributed by atoms with Gasteiger partial charge >= 0.3 is 0 Å². The smallest absolute Gasteiger partial charge is 0.251 e. The lowest BCUT2D eigenvalue weighted by Gasteiger charge is -2.29. The van der Waals surface area contributed by atoms with Crippen LogP contribution in [0.4, 0.5) is 0 Å². The zero-order chi connectivity index (χ0) is 12.8. The molecule has 1 amide bonds. The molecule has 2 atom stereocenters. The van der Waals surface area contributed by atoms with Gasteiger partial charge in [0, 0.05) is 25.7 Å². The van der Waals surface area contributed by atoms with Crippen LogP contribution in [0.3, 0.4) is 0 Å². The van der Waals surface area contributed by atoms with Crippen molar-refractivity contribution in [3.8, 4) is 0 Å². The van der Waals surface area contributed by atoms with Crippen molar-refractivity contribution >= 4 is 5.91 Å². The Morgan fingerprint density at radius 1 is 1.53 bits per heavy atom. The number of hydrogen-bond donors (Lipinski definition) is 2. The largest absolute Gasteiger partial charge is 0.396 e. The fourth-order valence-electron chi connectivity index (χ4n) is 2.11. The second-order valence-electron chi connectivity index (χ2n) is 4.76. The molecule has 0 bridgehead atoms. The molecule has 0 aromatic rings. The fraction of sp³-hybridized carbons (Fsp3) is 0.917. The van der Waals surface area contributed by atoms with Crippen LogP contribution in [0.15, 0.2) is 0 Å². The fourth-order valence-corrected chi connectivity index (χ4v) is 2.11. The first-order chi connectivity index (χ1) is 8.10. The molecule has 1 rings (SSSR count). The van der Waals surface area contributed by atoms with Crippen LogP contribution in [-0.2, 0) is 9.53 Å². The third-order valence-electron chi connectivity index (χ3n) is 3.11. The van der Waals surface area contributed by atoms with Crippen LogP contribution in [0.25, 0.3) is 0 Å². The Morgan fingerprint density at radius 3 is 2.71 bits per heavy atom. The van der Waals surface area contributed by atoms with Gasteiger partial charge in [-0.3, -0.25) is 4.79 Å². The molecule has 0 spiro atoms. The van der Waals surface area contributed by atoms with Gasteiger partial charge in [-0.15, -0.1) is 0 Å². The molecule has 3 N–H and O–H groups in total. The average molecular weight is 244 g/mol. The van der Waals surface area contributed by atoms with Gasteiger partial charge in [-0.1, -0.05) is 0 Å². The molecule has 2 unspecified atom stereocenters. The number of hydrogen-bond acceptors (Lipinski definition) is 4. The van der Waals surface area contributed by atoms with Crippen molar-refractivity contribution in [2.24, 2.45) is 5.73 Å². The number of aliphatic hydroxyl groups excluding tert-OH is 1. The lowest BCUT2D eigenvalue weighted by Crippen LogP contribution is -2.44. The molecular weight excluding hydrogens is 220 g/mol. The van der Waals surface area contributed by atoms with Crippen LogP contribution in [0, 0.1) is 0 Å². The Morgan fingerprint density at radius 2 is 2.24 bits per heavy atom. The maximum absolute atomic E-state index is 12.2. The Hall–Kier alpha value is -0.650. The topological polar surface area (TPSA) is 75.8 Å². The minimum atomic E-state index is -0.343. The predicted octanol–water partition coefficient (Wildman–Crippen LogP) is 0.112. The molecule has 0 radical (unpaired) electrons. The molecule has 1 fully saturated rings. The zero-order valence-corrected chi connectivity index (χ0v) is 10.8. The van der Waals surface area contributed by atoms with Gasteiger partial charge in [-0.05, 0) is 33.1 Å². The highest BCUT2D eigenvalue weighted by atomic mass is 16.5. The van der Waals surface area contributed by atoms with Gasteiger partial charge in [-0.2, -0.15) is 0 Å². The average Bonchev–Trinajstić information content (AvgIpc) is 2.77. The molecule has 0 aromatic heterocycles. The van der Waals surface area contributed by atoms with Crippen molar-refractivity contribution < 1.29 is 14.6 Å². The number of carbonyl (C=O) groups is 1. The summed E-state index contributed by atoms with van der Waals surface area (Å²) >= 11 is 0. The molecule has 1 saturated heterocycles. The molecule has 17 heavy (non-hydrogen) atoms. The molecule has 1 aliphatic rings. The lowest BCUT2D eigenvalue weighted by molar-refractivity contribution is -0.144. The highest BCUT2D eigenvalue weighted by Crippen LogP contribution is 2.21. The van der Waals surface area contributed by atoms with Crippen molar-refractivity contribution in [3.63, 3.8) is 0 Å². The Bertz CT molecular complexity index is 246. The molecule has 5 nitrogen and oxygen atoms in total. The summed E-state index contributed by atoms with van der Waals surface area (Å²) in [6.07, 6.45) is 1.90. The van der Waals surface area contributed by atoms with Crippen LogP contribution in [0.5, 0.6) is 0 Å². The van der Waals surface area contributed by atoms with E-state index in [0.29, 0.717) is 19.5 Å². The Labute approximate surface area is 103 Å². The highest BCUT2D eigenvalue weighted by molar-refractivity contribution is 5.81. The van der Waals surface area contributed by atoms with Gasteiger partial charge in [0.15, 0.2) is 0 Å². The third-order valence-corrected chi connectivity index (χ3v) is 3.11. The first kappa shape index (κ1) is 14.4. The maximum Gasteiger partial charge on any atom is 0.251 e. The molecule has 1 aliphatic heterocycles. The minimum absolute atomic E-state index is 0.0239. The third kappa shape index (κ3) is 3.94. The molecule has 0 aliphatic carbocycles. The van der Waals surface area contributed by atoms with Crippen molar-refractivity contribution in [1.82, 2.24) is 4.90 Å². The Balaban J connectivity index is 2.53.